The lowest BCUT2D eigenvalue weighted by atomic mass is 9.98. The van der Waals surface area contributed by atoms with Gasteiger partial charge in [0.05, 0.1) is 5.92 Å². The maximum Gasteiger partial charge on any atom is 0.224 e. The van der Waals surface area contributed by atoms with Crippen molar-refractivity contribution in [2.24, 2.45) is 5.92 Å². The Balaban J connectivity index is 1.55. The molecule has 1 aromatic rings. The number of thioether (sulfide) groups is 1. The van der Waals surface area contributed by atoms with Crippen LogP contribution in [0.3, 0.4) is 0 Å². The third-order valence-corrected chi connectivity index (χ3v) is 5.07. The monoisotopic (exact) mass is 324 g/mol. The molecule has 1 saturated heterocycles. The maximum atomic E-state index is 13.4. The van der Waals surface area contributed by atoms with Crippen LogP contribution in [0.25, 0.3) is 0 Å². The first kappa shape index (κ1) is 17.3. The van der Waals surface area contributed by atoms with Crippen molar-refractivity contribution >= 4 is 17.7 Å². The summed E-state index contributed by atoms with van der Waals surface area (Å²) in [4.78, 5) is 14.3. The minimum Gasteiger partial charge on any atom is -0.356 e. The molecule has 0 aliphatic carbocycles. The van der Waals surface area contributed by atoms with E-state index in [1.165, 1.54) is 6.07 Å². The van der Waals surface area contributed by atoms with E-state index < -0.39 is 0 Å². The highest BCUT2D eigenvalue weighted by Gasteiger charge is 2.23. The largest absolute Gasteiger partial charge is 0.356 e. The molecule has 1 atom stereocenters. The maximum absolute atomic E-state index is 13.4. The molecule has 0 radical (unpaired) electrons. The third kappa shape index (κ3) is 5.61. The number of hydrogen-bond donors (Lipinski definition) is 1. The summed E-state index contributed by atoms with van der Waals surface area (Å²) in [5.41, 5.74) is 0.752. The van der Waals surface area contributed by atoms with Crippen molar-refractivity contribution in [2.45, 2.75) is 25.0 Å². The third-order valence-electron chi connectivity index (χ3n) is 3.98. The van der Waals surface area contributed by atoms with E-state index in [-0.39, 0.29) is 17.6 Å². The molecular weight excluding hydrogens is 299 g/mol. The molecule has 122 valence electrons. The number of rotatable bonds is 7. The van der Waals surface area contributed by atoms with Crippen LogP contribution in [0.1, 0.15) is 24.8 Å². The van der Waals surface area contributed by atoms with E-state index in [1.54, 1.807) is 17.8 Å². The molecule has 0 spiro atoms. The Bertz CT molecular complexity index is 483. The number of amides is 1. The lowest BCUT2D eigenvalue weighted by Crippen LogP contribution is -2.41. The molecule has 3 nitrogen and oxygen atoms in total. The predicted molar refractivity (Wildman–Crippen MR) is 90.4 cm³/mol. The van der Waals surface area contributed by atoms with Gasteiger partial charge in [0.25, 0.3) is 0 Å². The molecule has 0 unspecified atom stereocenters. The first-order valence-electron chi connectivity index (χ1n) is 7.94. The van der Waals surface area contributed by atoms with E-state index >= 15 is 0 Å². The molecule has 0 bridgehead atoms. The molecule has 1 heterocycles. The highest BCUT2D eigenvalue weighted by Crippen LogP contribution is 2.16. The number of halogens is 1. The van der Waals surface area contributed by atoms with Crippen molar-refractivity contribution < 1.29 is 9.18 Å². The molecule has 1 fully saturated rings. The second-order valence-electron chi connectivity index (χ2n) is 5.89. The Morgan fingerprint density at radius 2 is 2.27 bits per heavy atom. The molecule has 0 saturated carbocycles. The highest BCUT2D eigenvalue weighted by molar-refractivity contribution is 7.98. The fourth-order valence-corrected chi connectivity index (χ4v) is 3.65. The van der Waals surface area contributed by atoms with Crippen LogP contribution >= 0.6 is 11.8 Å². The number of nitrogens with zero attached hydrogens (tertiary/aromatic N) is 1. The first-order valence-corrected chi connectivity index (χ1v) is 9.09. The average Bonchev–Trinajstić information content (AvgIpc) is 2.52. The molecule has 0 aromatic heterocycles. The predicted octanol–water partition coefficient (Wildman–Crippen LogP) is 2.91. The van der Waals surface area contributed by atoms with E-state index in [2.05, 4.69) is 17.3 Å². The van der Waals surface area contributed by atoms with Gasteiger partial charge in [0.15, 0.2) is 0 Å². The van der Waals surface area contributed by atoms with Crippen molar-refractivity contribution in [1.29, 1.82) is 0 Å². The molecule has 1 aliphatic rings. The number of carbonyl (C=O) groups is 1. The molecular formula is C17H25FN2OS. The van der Waals surface area contributed by atoms with Crippen molar-refractivity contribution in [3.63, 3.8) is 0 Å². The summed E-state index contributed by atoms with van der Waals surface area (Å²) in [5.74, 6) is 1.81. The van der Waals surface area contributed by atoms with Gasteiger partial charge >= 0.3 is 0 Å². The van der Waals surface area contributed by atoms with Crippen LogP contribution in [0.15, 0.2) is 24.3 Å². The van der Waals surface area contributed by atoms with Gasteiger partial charge in [-0.25, -0.2) is 4.39 Å². The van der Waals surface area contributed by atoms with Gasteiger partial charge in [0.2, 0.25) is 5.91 Å². The summed E-state index contributed by atoms with van der Waals surface area (Å²) >= 11 is 1.71. The number of carbonyl (C=O) groups excluding carboxylic acids is 1. The van der Waals surface area contributed by atoms with E-state index in [0.29, 0.717) is 12.3 Å². The van der Waals surface area contributed by atoms with E-state index in [0.717, 1.165) is 43.7 Å². The summed E-state index contributed by atoms with van der Waals surface area (Å²) in [6.45, 7) is 2.67. The number of piperidine rings is 1. The summed E-state index contributed by atoms with van der Waals surface area (Å²) in [7, 11) is 2.07. The van der Waals surface area contributed by atoms with Gasteiger partial charge in [-0.2, -0.15) is 11.8 Å². The summed E-state index contributed by atoms with van der Waals surface area (Å²) in [5, 5.41) is 3.03. The molecule has 1 aromatic carbocycles. The Morgan fingerprint density at radius 3 is 3.05 bits per heavy atom. The molecule has 1 amide bonds. The topological polar surface area (TPSA) is 32.3 Å². The number of nitrogens with one attached hydrogen (secondary N) is 1. The normalized spacial score (nSPS) is 19.1. The number of hydrogen-bond acceptors (Lipinski definition) is 3. The molecule has 5 heteroatoms. The van der Waals surface area contributed by atoms with Gasteiger partial charge in [0.1, 0.15) is 5.82 Å². The smallest absolute Gasteiger partial charge is 0.224 e. The van der Waals surface area contributed by atoms with Gasteiger partial charge in [-0.3, -0.25) is 4.79 Å². The number of likely N-dealkylation sites (tertiary alicyclic amines) is 1. The summed E-state index contributed by atoms with van der Waals surface area (Å²) in [6, 6.07) is 6.89. The zero-order valence-electron chi connectivity index (χ0n) is 13.2. The summed E-state index contributed by atoms with van der Waals surface area (Å²) < 4.78 is 13.4. The number of benzene rings is 1. The van der Waals surface area contributed by atoms with Crippen molar-refractivity contribution in [2.75, 3.05) is 32.4 Å². The van der Waals surface area contributed by atoms with Crippen LogP contribution in [0.4, 0.5) is 4.39 Å². The fraction of sp³-hybridized carbons (Fsp3) is 0.588. The van der Waals surface area contributed by atoms with Crippen LogP contribution in [-0.4, -0.2) is 43.2 Å². The van der Waals surface area contributed by atoms with Crippen molar-refractivity contribution in [1.82, 2.24) is 10.2 Å². The minimum atomic E-state index is -0.135. The second kappa shape index (κ2) is 9.16. The summed E-state index contributed by atoms with van der Waals surface area (Å²) in [6.07, 6.45) is 3.03. The molecule has 1 N–H and O–H groups in total. The van der Waals surface area contributed by atoms with Crippen molar-refractivity contribution in [3.05, 3.63) is 35.6 Å². The van der Waals surface area contributed by atoms with Gasteiger partial charge in [-0.1, -0.05) is 18.2 Å². The van der Waals surface area contributed by atoms with Crippen molar-refractivity contribution in [3.8, 4) is 0 Å². The van der Waals surface area contributed by atoms with E-state index in [4.69, 9.17) is 0 Å². The van der Waals surface area contributed by atoms with Crippen LogP contribution in [0.2, 0.25) is 0 Å². The highest BCUT2D eigenvalue weighted by atomic mass is 32.2. The fourth-order valence-electron chi connectivity index (χ4n) is 2.71. The second-order valence-corrected chi connectivity index (χ2v) is 7.00. The minimum absolute atomic E-state index is 0.135. The Labute approximate surface area is 136 Å². The van der Waals surface area contributed by atoms with Crippen LogP contribution in [0.5, 0.6) is 0 Å². The van der Waals surface area contributed by atoms with Gasteiger partial charge in [-0.05, 0) is 50.2 Å². The molecule has 2 rings (SSSR count). The average molecular weight is 324 g/mol. The first-order chi connectivity index (χ1) is 10.7. The van der Waals surface area contributed by atoms with Crippen LogP contribution in [-0.2, 0) is 10.5 Å². The quantitative estimate of drug-likeness (QED) is 0.783. The Kier molecular flexibility index (Phi) is 7.19. The zero-order valence-corrected chi connectivity index (χ0v) is 14.0. The standard InChI is InChI=1S/C17H25FN2OS/c1-20-10-4-7-14(12-20)17(21)19-9-5-11-22-13-15-6-2-3-8-16(15)18/h2-3,6,8,14H,4-5,7,9-13H2,1H3,(H,19,21)/t14-/m0/s1. The molecule has 1 aliphatic heterocycles. The van der Waals surface area contributed by atoms with Crippen LogP contribution < -0.4 is 5.32 Å². The van der Waals surface area contributed by atoms with Gasteiger partial charge in [0, 0.05) is 18.8 Å². The van der Waals surface area contributed by atoms with E-state index in [9.17, 15) is 9.18 Å². The van der Waals surface area contributed by atoms with Crippen LogP contribution in [0, 0.1) is 11.7 Å². The zero-order chi connectivity index (χ0) is 15.8. The van der Waals surface area contributed by atoms with Gasteiger partial charge < -0.3 is 10.2 Å². The Morgan fingerprint density at radius 1 is 1.45 bits per heavy atom. The SMILES string of the molecule is CN1CCC[C@H](C(=O)NCCCSCc2ccccc2F)C1. The van der Waals surface area contributed by atoms with E-state index in [1.807, 2.05) is 12.1 Å². The Hall–Kier alpha value is -1.07. The lowest BCUT2D eigenvalue weighted by molar-refractivity contribution is -0.126. The molecule has 22 heavy (non-hydrogen) atoms. The van der Waals surface area contributed by atoms with Gasteiger partial charge in [-0.15, -0.1) is 0 Å². The lowest BCUT2D eigenvalue weighted by Gasteiger charge is -2.28.